The molecular weight excluding hydrogens is 241 g/mol. The Morgan fingerprint density at radius 3 is 2.94 bits per heavy atom. The molecule has 2 aromatic rings. The summed E-state index contributed by atoms with van der Waals surface area (Å²) in [4.78, 5) is 13.7. The minimum absolute atomic E-state index is 0.261. The molecule has 17 heavy (non-hydrogen) atoms. The van der Waals surface area contributed by atoms with Crippen LogP contribution in [0.3, 0.4) is 0 Å². The number of nitrogens with one attached hydrogen (secondary N) is 1. The highest BCUT2D eigenvalue weighted by Crippen LogP contribution is 2.17. The molecule has 0 saturated heterocycles. The van der Waals surface area contributed by atoms with Gasteiger partial charge < -0.3 is 10.2 Å². The van der Waals surface area contributed by atoms with Crippen molar-refractivity contribution in [3.8, 4) is 0 Å². The first kappa shape index (κ1) is 11.7. The zero-order chi connectivity index (χ0) is 12.3. The molecule has 0 radical (unpaired) electrons. The Morgan fingerprint density at radius 2 is 2.29 bits per heavy atom. The lowest BCUT2D eigenvalue weighted by Gasteiger charge is -2.17. The standard InChI is InChI=1S/C10H12FN5S/c1-12-10-13-3-8(11)9(15-10)16(2)4-7-5-17-6-14-7/h3,5-6H,4H2,1-2H3,(H,12,13,15). The number of halogens is 1. The van der Waals surface area contributed by atoms with Gasteiger partial charge in [0, 0.05) is 19.5 Å². The van der Waals surface area contributed by atoms with Gasteiger partial charge in [-0.2, -0.15) is 4.98 Å². The van der Waals surface area contributed by atoms with E-state index in [-0.39, 0.29) is 5.82 Å². The van der Waals surface area contributed by atoms with Crippen LogP contribution < -0.4 is 10.2 Å². The van der Waals surface area contributed by atoms with Gasteiger partial charge in [-0.15, -0.1) is 11.3 Å². The van der Waals surface area contributed by atoms with Crippen LogP contribution in [-0.4, -0.2) is 29.0 Å². The quantitative estimate of drug-likeness (QED) is 0.899. The summed E-state index contributed by atoms with van der Waals surface area (Å²) in [7, 11) is 3.46. The maximum absolute atomic E-state index is 13.6. The largest absolute Gasteiger partial charge is 0.357 e. The van der Waals surface area contributed by atoms with Crippen molar-refractivity contribution < 1.29 is 4.39 Å². The molecule has 7 heteroatoms. The molecule has 90 valence electrons. The van der Waals surface area contributed by atoms with Crippen LogP contribution in [0.15, 0.2) is 17.1 Å². The lowest BCUT2D eigenvalue weighted by Crippen LogP contribution is -2.20. The fourth-order valence-electron chi connectivity index (χ4n) is 1.38. The molecule has 0 aliphatic carbocycles. The molecule has 0 atom stereocenters. The molecule has 0 aliphatic heterocycles. The Balaban J connectivity index is 2.20. The first-order chi connectivity index (χ1) is 8.20. The molecule has 2 heterocycles. The van der Waals surface area contributed by atoms with Crippen molar-refractivity contribution in [2.45, 2.75) is 6.54 Å². The van der Waals surface area contributed by atoms with Gasteiger partial charge >= 0.3 is 0 Å². The van der Waals surface area contributed by atoms with Crippen molar-refractivity contribution in [2.75, 3.05) is 24.3 Å². The summed E-state index contributed by atoms with van der Waals surface area (Å²) < 4.78 is 13.6. The van der Waals surface area contributed by atoms with Gasteiger partial charge in [0.2, 0.25) is 5.95 Å². The molecule has 1 N–H and O–H groups in total. The Morgan fingerprint density at radius 1 is 1.47 bits per heavy atom. The van der Waals surface area contributed by atoms with Crippen LogP contribution in [0.1, 0.15) is 5.69 Å². The van der Waals surface area contributed by atoms with E-state index in [2.05, 4.69) is 20.3 Å². The number of aromatic nitrogens is 3. The molecule has 0 unspecified atom stereocenters. The monoisotopic (exact) mass is 253 g/mol. The summed E-state index contributed by atoms with van der Waals surface area (Å²) in [6.07, 6.45) is 1.16. The van der Waals surface area contributed by atoms with Crippen LogP contribution in [0.5, 0.6) is 0 Å². The minimum Gasteiger partial charge on any atom is -0.357 e. The average Bonchev–Trinajstić information content (AvgIpc) is 2.82. The fraction of sp³-hybridized carbons (Fsp3) is 0.300. The van der Waals surface area contributed by atoms with Gasteiger partial charge in [0.25, 0.3) is 0 Å². The van der Waals surface area contributed by atoms with E-state index >= 15 is 0 Å². The van der Waals surface area contributed by atoms with E-state index in [9.17, 15) is 4.39 Å². The van der Waals surface area contributed by atoms with Crippen LogP contribution in [0.4, 0.5) is 16.2 Å². The van der Waals surface area contributed by atoms with Gasteiger partial charge in [-0.25, -0.2) is 14.4 Å². The predicted molar refractivity (Wildman–Crippen MR) is 65.8 cm³/mol. The summed E-state index contributed by atoms with van der Waals surface area (Å²) in [6, 6.07) is 0. The third kappa shape index (κ3) is 2.68. The highest BCUT2D eigenvalue weighted by Gasteiger charge is 2.12. The van der Waals surface area contributed by atoms with Crippen molar-refractivity contribution in [2.24, 2.45) is 0 Å². The fourth-order valence-corrected chi connectivity index (χ4v) is 1.93. The first-order valence-corrected chi connectivity index (χ1v) is 5.93. The third-order valence-corrected chi connectivity index (χ3v) is 2.83. The molecule has 0 fully saturated rings. The summed E-state index contributed by atoms with van der Waals surface area (Å²) >= 11 is 1.51. The van der Waals surface area contributed by atoms with Crippen LogP contribution in [0.25, 0.3) is 0 Å². The molecule has 0 saturated carbocycles. The second kappa shape index (κ2) is 5.05. The second-order valence-electron chi connectivity index (χ2n) is 3.45. The van der Waals surface area contributed by atoms with Gasteiger partial charge in [-0.05, 0) is 0 Å². The van der Waals surface area contributed by atoms with E-state index in [0.29, 0.717) is 12.5 Å². The van der Waals surface area contributed by atoms with E-state index in [0.717, 1.165) is 11.9 Å². The third-order valence-electron chi connectivity index (χ3n) is 2.19. The van der Waals surface area contributed by atoms with Gasteiger partial charge in [0.05, 0.1) is 23.9 Å². The van der Waals surface area contributed by atoms with Crippen molar-refractivity contribution >= 4 is 23.1 Å². The van der Waals surface area contributed by atoms with Gasteiger partial charge in [0.1, 0.15) is 0 Å². The van der Waals surface area contributed by atoms with Gasteiger partial charge in [-0.3, -0.25) is 0 Å². The highest BCUT2D eigenvalue weighted by atomic mass is 32.1. The second-order valence-corrected chi connectivity index (χ2v) is 4.17. The van der Waals surface area contributed by atoms with E-state index < -0.39 is 5.82 Å². The molecular formula is C10H12FN5S. The first-order valence-electron chi connectivity index (χ1n) is 4.99. The predicted octanol–water partition coefficient (Wildman–Crippen LogP) is 1.75. The highest BCUT2D eigenvalue weighted by molar-refractivity contribution is 7.07. The average molecular weight is 253 g/mol. The zero-order valence-electron chi connectivity index (χ0n) is 9.51. The smallest absolute Gasteiger partial charge is 0.224 e. The number of hydrogen-bond acceptors (Lipinski definition) is 6. The molecule has 0 bridgehead atoms. The van der Waals surface area contributed by atoms with Crippen LogP contribution >= 0.6 is 11.3 Å². The molecule has 0 aliphatic rings. The minimum atomic E-state index is -0.443. The lowest BCUT2D eigenvalue weighted by atomic mass is 10.4. The molecule has 2 rings (SSSR count). The molecule has 5 nitrogen and oxygen atoms in total. The SMILES string of the molecule is CNc1ncc(F)c(N(C)Cc2cscn2)n1. The Kier molecular flexibility index (Phi) is 3.48. The van der Waals surface area contributed by atoms with E-state index in [1.54, 1.807) is 24.5 Å². The molecule has 2 aromatic heterocycles. The normalized spacial score (nSPS) is 10.3. The summed E-state index contributed by atoms with van der Waals surface area (Å²) in [6.45, 7) is 0.514. The number of hydrogen-bond donors (Lipinski definition) is 1. The van der Waals surface area contributed by atoms with Crippen LogP contribution in [0.2, 0.25) is 0 Å². The van der Waals surface area contributed by atoms with Crippen molar-refractivity contribution in [3.05, 3.63) is 28.6 Å². The lowest BCUT2D eigenvalue weighted by molar-refractivity contribution is 0.607. The molecule has 0 aromatic carbocycles. The van der Waals surface area contributed by atoms with Crippen LogP contribution in [-0.2, 0) is 6.54 Å². The Labute approximate surface area is 102 Å². The van der Waals surface area contributed by atoms with E-state index in [1.807, 2.05) is 5.38 Å². The van der Waals surface area contributed by atoms with Crippen molar-refractivity contribution in [1.29, 1.82) is 0 Å². The van der Waals surface area contributed by atoms with Crippen molar-refractivity contribution in [1.82, 2.24) is 15.0 Å². The molecule has 0 amide bonds. The van der Waals surface area contributed by atoms with E-state index in [1.165, 1.54) is 11.3 Å². The van der Waals surface area contributed by atoms with E-state index in [4.69, 9.17) is 0 Å². The topological polar surface area (TPSA) is 53.9 Å². The summed E-state index contributed by atoms with van der Waals surface area (Å²) in [5.74, 6) is 0.214. The molecule has 0 spiro atoms. The summed E-state index contributed by atoms with van der Waals surface area (Å²) in [5, 5.41) is 4.70. The Hall–Kier alpha value is -1.76. The number of thiazole rings is 1. The number of rotatable bonds is 4. The Bertz CT molecular complexity index is 487. The maximum atomic E-state index is 13.6. The van der Waals surface area contributed by atoms with Crippen molar-refractivity contribution in [3.63, 3.8) is 0 Å². The maximum Gasteiger partial charge on any atom is 0.224 e. The number of nitrogens with zero attached hydrogens (tertiary/aromatic N) is 4. The van der Waals surface area contributed by atoms with Crippen LogP contribution in [0, 0.1) is 5.82 Å². The summed E-state index contributed by atoms with van der Waals surface area (Å²) in [5.41, 5.74) is 2.64. The number of anilines is 2. The van der Waals surface area contributed by atoms with Gasteiger partial charge in [0.15, 0.2) is 11.6 Å². The van der Waals surface area contributed by atoms with Gasteiger partial charge in [-0.1, -0.05) is 0 Å². The zero-order valence-corrected chi connectivity index (χ0v) is 10.3.